The monoisotopic (exact) mass is 155 g/mol. The van der Waals surface area contributed by atoms with Crippen LogP contribution in [0.3, 0.4) is 0 Å². The first-order valence-electron chi connectivity index (χ1n) is 3.13. The Balaban J connectivity index is 3.30. The van der Waals surface area contributed by atoms with E-state index < -0.39 is 0 Å². The molecular weight excluding hydrogens is 146 g/mol. The van der Waals surface area contributed by atoms with Crippen LogP contribution >= 0.6 is 11.6 Å². The van der Waals surface area contributed by atoms with Crippen LogP contribution in [-0.4, -0.2) is 4.57 Å². The molecule has 0 unspecified atom stereocenters. The molecule has 0 aliphatic carbocycles. The standard InChI is InChI=1S/C8H10ClN/c1-4-10-5-8(9)6(2)7(10)3/h4-5H,1H2,2-3H3. The molecule has 1 nitrogen and oxygen atoms in total. The summed E-state index contributed by atoms with van der Waals surface area (Å²) in [5.74, 6) is 0. The molecule has 2 heteroatoms. The van der Waals surface area contributed by atoms with E-state index in [1.807, 2.05) is 24.6 Å². The van der Waals surface area contributed by atoms with Crippen molar-refractivity contribution in [3.63, 3.8) is 0 Å². The number of halogens is 1. The van der Waals surface area contributed by atoms with Gasteiger partial charge in [0.25, 0.3) is 0 Å². The first-order chi connectivity index (χ1) is 4.66. The van der Waals surface area contributed by atoms with Crippen molar-refractivity contribution in [3.05, 3.63) is 29.1 Å². The van der Waals surface area contributed by atoms with Crippen molar-refractivity contribution in [2.75, 3.05) is 0 Å². The second-order valence-corrected chi connectivity index (χ2v) is 2.68. The van der Waals surface area contributed by atoms with Crippen LogP contribution in [0.4, 0.5) is 0 Å². The maximum absolute atomic E-state index is 5.84. The van der Waals surface area contributed by atoms with Gasteiger partial charge in [-0.15, -0.1) is 0 Å². The average Bonchev–Trinajstić information content (AvgIpc) is 2.17. The van der Waals surface area contributed by atoms with Crippen molar-refractivity contribution < 1.29 is 0 Å². The Bertz CT molecular complexity index is 260. The Kier molecular flexibility index (Phi) is 1.86. The molecule has 0 amide bonds. The van der Waals surface area contributed by atoms with Gasteiger partial charge in [0.05, 0.1) is 5.02 Å². The van der Waals surface area contributed by atoms with Crippen molar-refractivity contribution in [1.29, 1.82) is 0 Å². The van der Waals surface area contributed by atoms with E-state index in [-0.39, 0.29) is 0 Å². The molecule has 0 atom stereocenters. The van der Waals surface area contributed by atoms with E-state index in [2.05, 4.69) is 6.58 Å². The first kappa shape index (κ1) is 7.42. The molecule has 0 aromatic carbocycles. The molecule has 0 bridgehead atoms. The third-order valence-electron chi connectivity index (χ3n) is 1.74. The molecule has 0 aliphatic heterocycles. The van der Waals surface area contributed by atoms with E-state index in [0.717, 1.165) is 16.3 Å². The van der Waals surface area contributed by atoms with Gasteiger partial charge in [0.15, 0.2) is 0 Å². The van der Waals surface area contributed by atoms with Gasteiger partial charge in [0.1, 0.15) is 0 Å². The summed E-state index contributed by atoms with van der Waals surface area (Å²) in [6.45, 7) is 7.66. The lowest BCUT2D eigenvalue weighted by atomic mass is 10.3. The highest BCUT2D eigenvalue weighted by Gasteiger charge is 2.02. The smallest absolute Gasteiger partial charge is 0.0618 e. The van der Waals surface area contributed by atoms with Crippen LogP contribution in [0.25, 0.3) is 6.20 Å². The van der Waals surface area contributed by atoms with Crippen LogP contribution in [-0.2, 0) is 0 Å². The van der Waals surface area contributed by atoms with Crippen LogP contribution < -0.4 is 0 Å². The summed E-state index contributed by atoms with van der Waals surface area (Å²) < 4.78 is 1.91. The van der Waals surface area contributed by atoms with Gasteiger partial charge in [-0.25, -0.2) is 0 Å². The zero-order valence-electron chi connectivity index (χ0n) is 6.19. The quantitative estimate of drug-likeness (QED) is 0.588. The normalized spacial score (nSPS) is 9.90. The molecule has 0 saturated carbocycles. The highest BCUT2D eigenvalue weighted by atomic mass is 35.5. The van der Waals surface area contributed by atoms with Crippen LogP contribution in [0.2, 0.25) is 5.02 Å². The third-order valence-corrected chi connectivity index (χ3v) is 2.12. The first-order valence-corrected chi connectivity index (χ1v) is 3.50. The zero-order valence-corrected chi connectivity index (χ0v) is 6.94. The van der Waals surface area contributed by atoms with Crippen molar-refractivity contribution in [2.24, 2.45) is 0 Å². The summed E-state index contributed by atoms with van der Waals surface area (Å²) in [5.41, 5.74) is 2.28. The van der Waals surface area contributed by atoms with E-state index in [1.165, 1.54) is 0 Å². The number of hydrogen-bond acceptors (Lipinski definition) is 0. The molecule has 1 heterocycles. The van der Waals surface area contributed by atoms with Gasteiger partial charge >= 0.3 is 0 Å². The molecule has 0 spiro atoms. The van der Waals surface area contributed by atoms with Crippen molar-refractivity contribution in [3.8, 4) is 0 Å². The maximum Gasteiger partial charge on any atom is 0.0618 e. The minimum atomic E-state index is 0.803. The molecular formula is C8H10ClN. The Hall–Kier alpha value is -0.690. The Labute approximate surface area is 65.9 Å². The Morgan fingerprint density at radius 3 is 2.40 bits per heavy atom. The summed E-state index contributed by atoms with van der Waals surface area (Å²) in [6, 6.07) is 0. The molecule has 0 saturated heterocycles. The Morgan fingerprint density at radius 1 is 1.60 bits per heavy atom. The van der Waals surface area contributed by atoms with Crippen LogP contribution in [0.1, 0.15) is 11.3 Å². The summed E-state index contributed by atoms with van der Waals surface area (Å²) in [6.07, 6.45) is 3.60. The van der Waals surface area contributed by atoms with E-state index in [4.69, 9.17) is 11.6 Å². The van der Waals surface area contributed by atoms with Crippen molar-refractivity contribution in [2.45, 2.75) is 13.8 Å². The largest absolute Gasteiger partial charge is 0.327 e. The predicted molar refractivity (Wildman–Crippen MR) is 45.3 cm³/mol. The minimum Gasteiger partial charge on any atom is -0.327 e. The summed E-state index contributed by atoms with van der Waals surface area (Å²) >= 11 is 5.84. The molecule has 10 heavy (non-hydrogen) atoms. The van der Waals surface area contributed by atoms with Crippen LogP contribution in [0, 0.1) is 13.8 Å². The average molecular weight is 156 g/mol. The maximum atomic E-state index is 5.84. The molecule has 0 N–H and O–H groups in total. The van der Waals surface area contributed by atoms with Crippen LogP contribution in [0.15, 0.2) is 12.8 Å². The fourth-order valence-electron chi connectivity index (χ4n) is 0.872. The summed E-state index contributed by atoms with van der Waals surface area (Å²) in [7, 11) is 0. The minimum absolute atomic E-state index is 0.803. The van der Waals surface area contributed by atoms with E-state index >= 15 is 0 Å². The molecule has 0 radical (unpaired) electrons. The topological polar surface area (TPSA) is 4.93 Å². The van der Waals surface area contributed by atoms with Crippen molar-refractivity contribution in [1.82, 2.24) is 4.57 Å². The summed E-state index contributed by atoms with van der Waals surface area (Å²) in [4.78, 5) is 0. The van der Waals surface area contributed by atoms with E-state index in [9.17, 15) is 0 Å². The second-order valence-electron chi connectivity index (χ2n) is 2.28. The number of nitrogens with zero attached hydrogens (tertiary/aromatic N) is 1. The fraction of sp³-hybridized carbons (Fsp3) is 0.250. The number of hydrogen-bond donors (Lipinski definition) is 0. The van der Waals surface area contributed by atoms with E-state index in [1.54, 1.807) is 6.20 Å². The number of aromatic nitrogens is 1. The van der Waals surface area contributed by atoms with Gasteiger partial charge < -0.3 is 4.57 Å². The van der Waals surface area contributed by atoms with Gasteiger partial charge in [0.2, 0.25) is 0 Å². The fourth-order valence-corrected chi connectivity index (χ4v) is 1.11. The molecule has 1 rings (SSSR count). The number of rotatable bonds is 1. The molecule has 0 aliphatic rings. The Morgan fingerprint density at radius 2 is 2.20 bits per heavy atom. The second kappa shape index (κ2) is 2.51. The zero-order chi connectivity index (χ0) is 7.72. The van der Waals surface area contributed by atoms with Gasteiger partial charge in [-0.3, -0.25) is 0 Å². The van der Waals surface area contributed by atoms with Crippen molar-refractivity contribution >= 4 is 17.8 Å². The van der Waals surface area contributed by atoms with Gasteiger partial charge in [-0.1, -0.05) is 18.2 Å². The molecule has 0 fully saturated rings. The predicted octanol–water partition coefficient (Wildman–Crippen LogP) is 2.86. The lowest BCUT2D eigenvalue weighted by molar-refractivity contribution is 1.08. The van der Waals surface area contributed by atoms with Crippen LogP contribution in [0.5, 0.6) is 0 Å². The van der Waals surface area contributed by atoms with Gasteiger partial charge in [-0.05, 0) is 19.4 Å². The highest BCUT2D eigenvalue weighted by molar-refractivity contribution is 6.31. The molecule has 1 aromatic heterocycles. The van der Waals surface area contributed by atoms with Gasteiger partial charge in [0, 0.05) is 18.1 Å². The lowest BCUT2D eigenvalue weighted by Crippen LogP contribution is -1.85. The van der Waals surface area contributed by atoms with E-state index in [0.29, 0.717) is 0 Å². The lowest BCUT2D eigenvalue weighted by Gasteiger charge is -1.95. The molecule has 1 aromatic rings. The summed E-state index contributed by atoms with van der Waals surface area (Å²) in [5, 5.41) is 0.803. The SMILES string of the molecule is C=Cn1cc(Cl)c(C)c1C. The highest BCUT2D eigenvalue weighted by Crippen LogP contribution is 2.20. The third kappa shape index (κ3) is 0.971. The van der Waals surface area contributed by atoms with Gasteiger partial charge in [-0.2, -0.15) is 0 Å². The molecule has 54 valence electrons.